The van der Waals surface area contributed by atoms with Gasteiger partial charge in [-0.2, -0.15) is 0 Å². The number of benzene rings is 1. The summed E-state index contributed by atoms with van der Waals surface area (Å²) in [5.74, 6) is -1.59. The number of nitrogens with zero attached hydrogens (tertiary/aromatic N) is 3. The van der Waals surface area contributed by atoms with E-state index in [1.165, 1.54) is 23.3 Å². The summed E-state index contributed by atoms with van der Waals surface area (Å²) in [6.07, 6.45) is 0.951. The van der Waals surface area contributed by atoms with Crippen molar-refractivity contribution >= 4 is 45.2 Å². The van der Waals surface area contributed by atoms with Gasteiger partial charge in [-0.05, 0) is 38.8 Å². The number of anilines is 1. The molecule has 1 aromatic carbocycles. The number of amides is 2. The number of likely N-dealkylation sites (tertiary alicyclic amines) is 1. The third-order valence-electron chi connectivity index (χ3n) is 7.17. The number of fused-ring (bicyclic) bond motifs is 1. The van der Waals surface area contributed by atoms with Crippen LogP contribution in [0.2, 0.25) is 0 Å². The number of methoxy groups -OCH3 is 1. The maximum absolute atomic E-state index is 13.6. The lowest BCUT2D eigenvalue weighted by molar-refractivity contribution is -0.151. The number of carboxylic acids is 1. The van der Waals surface area contributed by atoms with Gasteiger partial charge in [0.15, 0.2) is 5.13 Å². The van der Waals surface area contributed by atoms with Crippen LogP contribution in [0.3, 0.4) is 0 Å². The summed E-state index contributed by atoms with van der Waals surface area (Å²) in [4.78, 5) is 48.6. The quantitative estimate of drug-likeness (QED) is 0.288. The molecule has 2 unspecified atom stereocenters. The van der Waals surface area contributed by atoms with E-state index in [0.717, 1.165) is 10.5 Å². The monoisotopic (exact) mass is 583 g/mol. The Kier molecular flexibility index (Phi) is 9.64. The summed E-state index contributed by atoms with van der Waals surface area (Å²) >= 11 is 1.49. The lowest BCUT2D eigenvalue weighted by Crippen LogP contribution is -2.46. The maximum Gasteiger partial charge on any atom is 0.326 e. The van der Waals surface area contributed by atoms with Gasteiger partial charge in [0.25, 0.3) is 0 Å². The van der Waals surface area contributed by atoms with Crippen molar-refractivity contribution in [2.24, 2.45) is 11.8 Å². The Morgan fingerprint density at radius 1 is 1.17 bits per heavy atom. The van der Waals surface area contributed by atoms with Gasteiger partial charge < -0.3 is 30.1 Å². The van der Waals surface area contributed by atoms with Gasteiger partial charge in [-0.1, -0.05) is 6.92 Å². The largest absolute Gasteiger partial charge is 0.497 e. The zero-order valence-corrected chi connectivity index (χ0v) is 24.8. The van der Waals surface area contributed by atoms with Crippen molar-refractivity contribution < 1.29 is 29.0 Å². The van der Waals surface area contributed by atoms with E-state index in [1.54, 1.807) is 7.11 Å². The average molecular weight is 584 g/mol. The highest BCUT2D eigenvalue weighted by Crippen LogP contribution is 2.34. The number of carbonyl (C=O) groups is 3. The number of carboxylic acid groups (broad SMARTS) is 1. The molecule has 0 bridgehead atoms. The van der Waals surface area contributed by atoms with Crippen LogP contribution in [0, 0.1) is 11.8 Å². The van der Waals surface area contributed by atoms with Crippen molar-refractivity contribution in [1.29, 1.82) is 0 Å². The number of hydrogen-bond acceptors (Lipinski definition) is 9. The minimum atomic E-state index is -1.03. The Morgan fingerprint density at radius 3 is 2.63 bits per heavy atom. The molecule has 1 saturated heterocycles. The molecule has 3 heterocycles. The van der Waals surface area contributed by atoms with Gasteiger partial charge in [-0.25, -0.2) is 14.8 Å². The molecule has 0 saturated carbocycles. The zero-order chi connectivity index (χ0) is 29.7. The Labute approximate surface area is 243 Å². The summed E-state index contributed by atoms with van der Waals surface area (Å²) in [5.41, 5.74) is 1.98. The standard InChI is InChI=1S/C29H37N5O6S/c1-16(2)31-29-33-23(15-41-29)22-13-25(19-9-8-18(39-5)11-21(19)32-22)40-14-17(3)20(12-26(35)30-4)27(36)34-10-6-7-24(34)28(37)38/h8-9,11,13,15-17,20,24H,6-7,10,12,14H2,1-5H3,(H,30,35)(H,31,33)(H,37,38)/t17?,20-,24?/m0/s1. The molecule has 0 spiro atoms. The molecule has 0 aliphatic carbocycles. The molecule has 0 radical (unpaired) electrons. The molecule has 3 atom stereocenters. The molecule has 3 aromatic rings. The third kappa shape index (κ3) is 7.05. The summed E-state index contributed by atoms with van der Waals surface area (Å²) in [5, 5.41) is 19.0. The lowest BCUT2D eigenvalue weighted by Gasteiger charge is -2.30. The second kappa shape index (κ2) is 13.2. The Bertz CT molecular complexity index is 1410. The highest BCUT2D eigenvalue weighted by Gasteiger charge is 2.39. The van der Waals surface area contributed by atoms with Gasteiger partial charge >= 0.3 is 5.97 Å². The highest BCUT2D eigenvalue weighted by atomic mass is 32.1. The van der Waals surface area contributed by atoms with Crippen molar-refractivity contribution in [2.75, 3.05) is 32.6 Å². The van der Waals surface area contributed by atoms with Crippen LogP contribution < -0.4 is 20.1 Å². The van der Waals surface area contributed by atoms with Crippen molar-refractivity contribution in [3.63, 3.8) is 0 Å². The van der Waals surface area contributed by atoms with Crippen LogP contribution >= 0.6 is 11.3 Å². The van der Waals surface area contributed by atoms with Crippen LogP contribution in [0.5, 0.6) is 11.5 Å². The second-order valence-electron chi connectivity index (χ2n) is 10.5. The van der Waals surface area contributed by atoms with Crippen LogP contribution in [-0.2, 0) is 14.4 Å². The third-order valence-corrected chi connectivity index (χ3v) is 7.94. The number of aliphatic carboxylic acids is 1. The van der Waals surface area contributed by atoms with E-state index in [-0.39, 0.29) is 36.8 Å². The number of carbonyl (C=O) groups excluding carboxylic acids is 2. The average Bonchev–Trinajstić information content (AvgIpc) is 3.63. The van der Waals surface area contributed by atoms with Gasteiger partial charge in [-0.15, -0.1) is 11.3 Å². The minimum absolute atomic E-state index is 0.0628. The molecule has 11 nitrogen and oxygen atoms in total. The molecule has 2 amide bonds. The van der Waals surface area contributed by atoms with Gasteiger partial charge in [-0.3, -0.25) is 9.59 Å². The number of nitrogens with one attached hydrogen (secondary N) is 2. The fraction of sp³-hybridized carbons (Fsp3) is 0.483. The second-order valence-corrected chi connectivity index (χ2v) is 11.4. The number of thiazole rings is 1. The van der Waals surface area contributed by atoms with E-state index >= 15 is 0 Å². The van der Waals surface area contributed by atoms with Gasteiger partial charge in [0.05, 0.1) is 30.8 Å². The molecule has 3 N–H and O–H groups in total. The lowest BCUT2D eigenvalue weighted by atomic mass is 9.89. The predicted octanol–water partition coefficient (Wildman–Crippen LogP) is 4.03. The molecule has 1 aliphatic heterocycles. The van der Waals surface area contributed by atoms with E-state index in [2.05, 4.69) is 15.6 Å². The first kappa shape index (κ1) is 30.0. The molecule has 1 fully saturated rings. The molecule has 12 heteroatoms. The smallest absolute Gasteiger partial charge is 0.326 e. The van der Waals surface area contributed by atoms with E-state index in [1.807, 2.05) is 50.4 Å². The van der Waals surface area contributed by atoms with Crippen molar-refractivity contribution in [3.8, 4) is 22.9 Å². The van der Waals surface area contributed by atoms with E-state index < -0.39 is 17.9 Å². The Morgan fingerprint density at radius 2 is 1.95 bits per heavy atom. The summed E-state index contributed by atoms with van der Waals surface area (Å²) in [6.45, 7) is 6.41. The summed E-state index contributed by atoms with van der Waals surface area (Å²) < 4.78 is 11.7. The van der Waals surface area contributed by atoms with Crippen molar-refractivity contribution in [1.82, 2.24) is 20.2 Å². The number of ether oxygens (including phenoxy) is 2. The number of aromatic nitrogens is 2. The summed E-state index contributed by atoms with van der Waals surface area (Å²) in [6, 6.07) is 6.70. The van der Waals surface area contributed by atoms with Crippen LogP contribution in [-0.4, -0.2) is 77.2 Å². The van der Waals surface area contributed by atoms with Crippen molar-refractivity contribution in [2.45, 2.75) is 52.1 Å². The summed E-state index contributed by atoms with van der Waals surface area (Å²) in [7, 11) is 3.10. The SMILES string of the molecule is CNC(=O)C[C@H](C(=O)N1CCCC1C(=O)O)C(C)COc1cc(-c2csc(NC(C)C)n2)nc2cc(OC)ccc12. The first-order valence-corrected chi connectivity index (χ1v) is 14.6. The van der Waals surface area contributed by atoms with Crippen LogP contribution in [0.15, 0.2) is 29.6 Å². The number of rotatable bonds is 12. The normalized spacial score (nSPS) is 16.4. The molecule has 1 aliphatic rings. The highest BCUT2D eigenvalue weighted by molar-refractivity contribution is 7.14. The Hall–Kier alpha value is -3.93. The van der Waals surface area contributed by atoms with Crippen LogP contribution in [0.4, 0.5) is 5.13 Å². The van der Waals surface area contributed by atoms with Crippen molar-refractivity contribution in [3.05, 3.63) is 29.6 Å². The Balaban J connectivity index is 1.62. The van der Waals surface area contributed by atoms with Gasteiger partial charge in [0.2, 0.25) is 11.8 Å². The van der Waals surface area contributed by atoms with Gasteiger partial charge in [0, 0.05) is 54.9 Å². The first-order valence-electron chi connectivity index (χ1n) is 13.7. The molecule has 4 rings (SSSR count). The zero-order valence-electron chi connectivity index (χ0n) is 24.0. The fourth-order valence-corrected chi connectivity index (χ4v) is 5.78. The topological polar surface area (TPSA) is 143 Å². The van der Waals surface area contributed by atoms with E-state index in [0.29, 0.717) is 47.8 Å². The van der Waals surface area contributed by atoms with E-state index in [9.17, 15) is 19.5 Å². The molecular weight excluding hydrogens is 546 g/mol. The minimum Gasteiger partial charge on any atom is -0.497 e. The molecule has 41 heavy (non-hydrogen) atoms. The maximum atomic E-state index is 13.6. The molecular formula is C29H37N5O6S. The van der Waals surface area contributed by atoms with Gasteiger partial charge in [0.1, 0.15) is 23.2 Å². The van der Waals surface area contributed by atoms with Crippen LogP contribution in [0.25, 0.3) is 22.3 Å². The number of hydrogen-bond donors (Lipinski definition) is 3. The number of pyridine rings is 1. The molecule has 2 aromatic heterocycles. The van der Waals surface area contributed by atoms with Crippen LogP contribution in [0.1, 0.15) is 40.0 Å². The molecule has 220 valence electrons. The predicted molar refractivity (Wildman–Crippen MR) is 157 cm³/mol. The fourth-order valence-electron chi connectivity index (χ4n) is 4.93. The van der Waals surface area contributed by atoms with E-state index in [4.69, 9.17) is 14.5 Å². The first-order chi connectivity index (χ1) is 19.6.